The van der Waals surface area contributed by atoms with Crippen LogP contribution in [0.4, 0.5) is 0 Å². The zero-order valence-corrected chi connectivity index (χ0v) is 29.4. The van der Waals surface area contributed by atoms with Gasteiger partial charge in [0.15, 0.2) is 0 Å². The zero-order valence-electron chi connectivity index (χ0n) is 29.4. The molecule has 3 unspecified atom stereocenters. The Balaban J connectivity index is 1.24. The third-order valence-electron chi connectivity index (χ3n) is 15.5. The number of nitrogens with one attached hydrogen (secondary N) is 1. The first kappa shape index (κ1) is 33.3. The lowest BCUT2D eigenvalue weighted by molar-refractivity contribution is -0.218. The second kappa shape index (κ2) is 12.1. The maximum absolute atomic E-state index is 13.5. The van der Waals surface area contributed by atoms with Crippen LogP contribution in [-0.2, 0) is 14.3 Å². The highest BCUT2D eigenvalue weighted by atomic mass is 16.5. The molecule has 5 heteroatoms. The fourth-order valence-corrected chi connectivity index (χ4v) is 13.3. The quantitative estimate of drug-likeness (QED) is 0.283. The number of allylic oxidation sites excluding steroid dienone is 4. The monoisotopic (exact) mass is 621 g/mol. The molecule has 252 valence electrons. The molecular formula is C40H63NO4. The van der Waals surface area contributed by atoms with Gasteiger partial charge in [-0.3, -0.25) is 9.59 Å². The fraction of sp³-hybridized carbons (Fsp3) is 0.850. The maximum atomic E-state index is 13.5. The van der Waals surface area contributed by atoms with Crippen molar-refractivity contribution in [2.75, 3.05) is 13.2 Å². The van der Waals surface area contributed by atoms with Gasteiger partial charge in [0.05, 0.1) is 0 Å². The second-order valence-electron chi connectivity index (χ2n) is 17.7. The molecule has 45 heavy (non-hydrogen) atoms. The van der Waals surface area contributed by atoms with E-state index in [0.29, 0.717) is 59.2 Å². The number of ether oxygens (including phenoxy) is 1. The van der Waals surface area contributed by atoms with Crippen molar-refractivity contribution >= 4 is 11.9 Å². The molecule has 5 fully saturated rings. The topological polar surface area (TPSA) is 75.6 Å². The Hall–Kier alpha value is -1.62. The molecule has 8 atom stereocenters. The number of hydrogen-bond donors (Lipinski definition) is 2. The zero-order chi connectivity index (χ0) is 32.3. The van der Waals surface area contributed by atoms with Gasteiger partial charge in [-0.2, -0.15) is 0 Å². The number of fused-ring (bicyclic) bond motifs is 7. The predicted octanol–water partition coefficient (Wildman–Crippen LogP) is 9.26. The summed E-state index contributed by atoms with van der Waals surface area (Å²) in [5.74, 6) is 2.68. The summed E-state index contributed by atoms with van der Waals surface area (Å²) in [5.41, 5.74) is 3.61. The van der Waals surface area contributed by atoms with Crippen LogP contribution in [0.15, 0.2) is 23.3 Å². The van der Waals surface area contributed by atoms with Gasteiger partial charge in [-0.25, -0.2) is 0 Å². The van der Waals surface area contributed by atoms with Crippen molar-refractivity contribution in [3.05, 3.63) is 23.3 Å². The smallest absolute Gasteiger partial charge is 0.303 e. The third kappa shape index (κ3) is 5.38. The third-order valence-corrected chi connectivity index (χ3v) is 15.5. The number of carbonyl (C=O) groups excluding carboxylic acids is 1. The maximum Gasteiger partial charge on any atom is 0.303 e. The minimum atomic E-state index is -0.702. The summed E-state index contributed by atoms with van der Waals surface area (Å²) in [6.07, 6.45) is 21.7. The number of rotatable bonds is 8. The molecular weight excluding hydrogens is 558 g/mol. The molecule has 1 saturated heterocycles. The number of carboxylic acids is 1. The first-order valence-corrected chi connectivity index (χ1v) is 18.8. The molecule has 0 spiro atoms. The number of amides is 1. The average molecular weight is 622 g/mol. The van der Waals surface area contributed by atoms with Crippen LogP contribution < -0.4 is 5.32 Å². The van der Waals surface area contributed by atoms with Gasteiger partial charge in [0.1, 0.15) is 0 Å². The summed E-state index contributed by atoms with van der Waals surface area (Å²) >= 11 is 0. The van der Waals surface area contributed by atoms with E-state index in [1.165, 1.54) is 62.5 Å². The second-order valence-corrected chi connectivity index (χ2v) is 17.7. The van der Waals surface area contributed by atoms with E-state index in [-0.39, 0.29) is 22.8 Å². The van der Waals surface area contributed by atoms with Crippen LogP contribution in [0, 0.1) is 51.2 Å². The van der Waals surface area contributed by atoms with Crippen LogP contribution >= 0.6 is 0 Å². The summed E-state index contributed by atoms with van der Waals surface area (Å²) in [4.78, 5) is 25.0. The lowest BCUT2D eigenvalue weighted by Crippen LogP contribution is -2.67. The minimum Gasteiger partial charge on any atom is -0.481 e. The van der Waals surface area contributed by atoms with Gasteiger partial charge in [0, 0.05) is 31.6 Å². The first-order valence-electron chi connectivity index (χ1n) is 18.8. The van der Waals surface area contributed by atoms with E-state index in [2.05, 4.69) is 59.0 Å². The largest absolute Gasteiger partial charge is 0.481 e. The molecule has 5 nitrogen and oxygen atoms in total. The molecule has 4 saturated carbocycles. The summed E-state index contributed by atoms with van der Waals surface area (Å²) in [6, 6.07) is 0. The molecule has 0 aromatic heterocycles. The highest BCUT2D eigenvalue weighted by molar-refractivity contribution is 5.77. The molecule has 1 amide bonds. The molecule has 2 N–H and O–H groups in total. The molecule has 0 aromatic carbocycles. The van der Waals surface area contributed by atoms with Crippen molar-refractivity contribution in [3.63, 3.8) is 0 Å². The van der Waals surface area contributed by atoms with Gasteiger partial charge in [0.2, 0.25) is 5.91 Å². The Kier molecular flexibility index (Phi) is 8.97. The van der Waals surface area contributed by atoms with Crippen LogP contribution in [0.25, 0.3) is 0 Å². The van der Waals surface area contributed by atoms with Crippen LogP contribution in [0.3, 0.4) is 0 Å². The van der Waals surface area contributed by atoms with Crippen molar-refractivity contribution < 1.29 is 19.4 Å². The van der Waals surface area contributed by atoms with Gasteiger partial charge in [-0.05, 0) is 146 Å². The molecule has 5 aliphatic carbocycles. The van der Waals surface area contributed by atoms with Crippen LogP contribution in [0.2, 0.25) is 0 Å². The molecule has 0 aromatic rings. The summed E-state index contributed by atoms with van der Waals surface area (Å²) in [6.45, 7) is 16.7. The average Bonchev–Trinajstić information content (AvgIpc) is 3.39. The van der Waals surface area contributed by atoms with Crippen molar-refractivity contribution in [2.24, 2.45) is 51.2 Å². The first-order chi connectivity index (χ1) is 21.3. The van der Waals surface area contributed by atoms with E-state index in [1.54, 1.807) is 0 Å². The number of hydrogen-bond acceptors (Lipinski definition) is 3. The Morgan fingerprint density at radius 2 is 1.64 bits per heavy atom. The van der Waals surface area contributed by atoms with Crippen molar-refractivity contribution in [3.8, 4) is 0 Å². The summed E-state index contributed by atoms with van der Waals surface area (Å²) in [5, 5.41) is 13.2. The highest BCUT2D eigenvalue weighted by Crippen LogP contribution is 2.76. The summed E-state index contributed by atoms with van der Waals surface area (Å²) < 4.78 is 5.56. The fourth-order valence-electron chi connectivity index (χ4n) is 13.3. The van der Waals surface area contributed by atoms with Crippen molar-refractivity contribution in [1.29, 1.82) is 0 Å². The predicted molar refractivity (Wildman–Crippen MR) is 181 cm³/mol. The van der Waals surface area contributed by atoms with E-state index < -0.39 is 5.97 Å². The van der Waals surface area contributed by atoms with Gasteiger partial charge in [-0.15, -0.1) is 0 Å². The van der Waals surface area contributed by atoms with Crippen molar-refractivity contribution in [1.82, 2.24) is 5.32 Å². The Morgan fingerprint density at radius 3 is 2.36 bits per heavy atom. The normalized spacial score (nSPS) is 42.9. The lowest BCUT2D eigenvalue weighted by Gasteiger charge is -2.72. The molecule has 1 heterocycles. The van der Waals surface area contributed by atoms with Crippen LogP contribution in [0.5, 0.6) is 0 Å². The SMILES string of the molecule is CC/C=C(\CCC(=O)O)C1=CC[C@@]2(C)C(CC[C@]3(C)C2CC[C@@H]2C4CCC[C@]4(NC(=O)CC4CCOCC4)CC[C@]23C)C1(C)C. The van der Waals surface area contributed by atoms with E-state index in [4.69, 9.17) is 4.74 Å². The number of carbonyl (C=O) groups is 2. The van der Waals surface area contributed by atoms with Crippen molar-refractivity contribution in [2.45, 2.75) is 150 Å². The van der Waals surface area contributed by atoms with E-state index in [0.717, 1.165) is 45.3 Å². The van der Waals surface area contributed by atoms with Gasteiger partial charge in [-0.1, -0.05) is 60.1 Å². The van der Waals surface area contributed by atoms with E-state index in [9.17, 15) is 14.7 Å². The molecule has 6 aliphatic rings. The number of carboxylic acid groups (broad SMARTS) is 1. The Labute approximate surface area is 273 Å². The van der Waals surface area contributed by atoms with Gasteiger partial charge < -0.3 is 15.2 Å². The highest BCUT2D eigenvalue weighted by Gasteiger charge is 2.69. The number of aliphatic carboxylic acids is 1. The molecule has 1 aliphatic heterocycles. The summed E-state index contributed by atoms with van der Waals surface area (Å²) in [7, 11) is 0. The van der Waals surface area contributed by atoms with Crippen LogP contribution in [-0.4, -0.2) is 35.7 Å². The Bertz CT molecular complexity index is 1210. The Morgan fingerprint density at radius 1 is 0.889 bits per heavy atom. The van der Waals surface area contributed by atoms with Crippen LogP contribution in [0.1, 0.15) is 144 Å². The van der Waals surface area contributed by atoms with E-state index in [1.807, 2.05) is 0 Å². The molecule has 0 radical (unpaired) electrons. The van der Waals surface area contributed by atoms with E-state index >= 15 is 0 Å². The van der Waals surface area contributed by atoms with Gasteiger partial charge in [0.25, 0.3) is 0 Å². The molecule has 6 rings (SSSR count). The molecule has 0 bridgehead atoms. The standard InChI is InChI=1S/C40H63NO4/c1-7-9-28(11-14-35(43)44)29-15-20-37(4)32(36(29,2)3)16-21-39(6)33(37)13-12-30-31-10-8-19-40(31,23-22-38(30,39)5)41-34(42)26-27-17-24-45-25-18-27/h9,15,27,30-33H,7-8,10-14,16-26H2,1-6H3,(H,41,42)(H,43,44)/b28-9+/t30-,31?,32?,33?,37+,38-,39-,40+/m1/s1. The lowest BCUT2D eigenvalue weighted by atomic mass is 9.33. The minimum absolute atomic E-state index is 0.0131. The van der Waals surface area contributed by atoms with Gasteiger partial charge >= 0.3 is 5.97 Å².